The standard InChI is InChI=1S/C13H18N3O5P/c1-20-10-13(11-2-4-12(5-3-11)16(17)18)21-22(19,14-6-7-14)15-8-9-15/h2-5,13H,6-10H2,1H3. The minimum Gasteiger partial charge on any atom is -0.382 e. The number of non-ortho nitro benzene ring substituents is 1. The number of nitrogens with zero attached hydrogens (tertiary/aromatic N) is 3. The van der Waals surface area contributed by atoms with E-state index >= 15 is 0 Å². The molecule has 8 nitrogen and oxygen atoms in total. The Morgan fingerprint density at radius 1 is 1.23 bits per heavy atom. The summed E-state index contributed by atoms with van der Waals surface area (Å²) in [6, 6.07) is 6.08. The van der Waals surface area contributed by atoms with Crippen LogP contribution in [-0.4, -0.2) is 54.2 Å². The first-order valence-electron chi connectivity index (χ1n) is 7.07. The minimum absolute atomic E-state index is 0.0139. The van der Waals surface area contributed by atoms with Gasteiger partial charge in [-0.2, -0.15) is 0 Å². The highest BCUT2D eigenvalue weighted by atomic mass is 31.2. The fourth-order valence-electron chi connectivity index (χ4n) is 2.22. The number of nitro benzene ring substituents is 1. The molecule has 3 rings (SSSR count). The van der Waals surface area contributed by atoms with Gasteiger partial charge in [0.1, 0.15) is 6.10 Å². The van der Waals surface area contributed by atoms with Gasteiger partial charge in [-0.15, -0.1) is 0 Å². The van der Waals surface area contributed by atoms with E-state index in [1.807, 2.05) is 9.34 Å². The number of rotatable bonds is 8. The molecule has 1 unspecified atom stereocenters. The van der Waals surface area contributed by atoms with Crippen molar-refractivity contribution in [2.24, 2.45) is 0 Å². The molecule has 9 heteroatoms. The summed E-state index contributed by atoms with van der Waals surface area (Å²) in [5.74, 6) is 0. The monoisotopic (exact) mass is 327 g/mol. The average Bonchev–Trinajstić information content (AvgIpc) is 3.39. The van der Waals surface area contributed by atoms with Gasteiger partial charge in [-0.1, -0.05) is 0 Å². The van der Waals surface area contributed by atoms with Crippen molar-refractivity contribution in [1.29, 1.82) is 0 Å². The Kier molecular flexibility index (Phi) is 4.29. The molecule has 2 fully saturated rings. The van der Waals surface area contributed by atoms with Gasteiger partial charge < -0.3 is 4.74 Å². The number of hydrogen-bond donors (Lipinski definition) is 0. The summed E-state index contributed by atoms with van der Waals surface area (Å²) in [5.41, 5.74) is 0.733. The van der Waals surface area contributed by atoms with Crippen LogP contribution in [0.5, 0.6) is 0 Å². The van der Waals surface area contributed by atoms with Crippen molar-refractivity contribution in [2.75, 3.05) is 39.9 Å². The second-order valence-electron chi connectivity index (χ2n) is 5.30. The second kappa shape index (κ2) is 6.06. The third-order valence-electron chi connectivity index (χ3n) is 3.62. The van der Waals surface area contributed by atoms with E-state index in [1.54, 1.807) is 19.2 Å². The molecule has 0 amide bonds. The average molecular weight is 327 g/mol. The predicted molar refractivity (Wildman–Crippen MR) is 79.6 cm³/mol. The maximum absolute atomic E-state index is 13.0. The zero-order valence-corrected chi connectivity index (χ0v) is 13.1. The minimum atomic E-state index is -2.97. The smallest absolute Gasteiger partial charge is 0.346 e. The Balaban J connectivity index is 1.79. The zero-order chi connectivity index (χ0) is 15.7. The van der Waals surface area contributed by atoms with Crippen molar-refractivity contribution in [1.82, 2.24) is 9.34 Å². The normalized spacial score (nSPS) is 19.9. The fraction of sp³-hybridized carbons (Fsp3) is 0.538. The molecule has 0 saturated carbocycles. The number of hydrogen-bond acceptors (Lipinski definition) is 5. The summed E-state index contributed by atoms with van der Waals surface area (Å²) in [6.45, 7) is 3.33. The van der Waals surface area contributed by atoms with Gasteiger partial charge in [0.2, 0.25) is 0 Å². The lowest BCUT2D eigenvalue weighted by atomic mass is 10.1. The topological polar surface area (TPSA) is 84.7 Å². The summed E-state index contributed by atoms with van der Waals surface area (Å²) >= 11 is 0. The van der Waals surface area contributed by atoms with Crippen LogP contribution in [0.25, 0.3) is 0 Å². The largest absolute Gasteiger partial charge is 0.382 e. The first-order chi connectivity index (χ1) is 10.5. The lowest BCUT2D eigenvalue weighted by Gasteiger charge is -2.26. The molecule has 0 spiro atoms. The van der Waals surface area contributed by atoms with E-state index in [4.69, 9.17) is 9.26 Å². The Labute approximate surface area is 128 Å². The van der Waals surface area contributed by atoms with Crippen molar-refractivity contribution < 1.29 is 18.7 Å². The number of ether oxygens (including phenoxy) is 1. The summed E-state index contributed by atoms with van der Waals surface area (Å²) in [6.07, 6.45) is -0.516. The number of benzene rings is 1. The third-order valence-corrected chi connectivity index (χ3v) is 6.38. The second-order valence-corrected chi connectivity index (χ2v) is 7.62. The maximum atomic E-state index is 13.0. The molecule has 0 radical (unpaired) electrons. The molecule has 22 heavy (non-hydrogen) atoms. The van der Waals surface area contributed by atoms with Crippen molar-refractivity contribution >= 4 is 13.4 Å². The maximum Gasteiger partial charge on any atom is 0.346 e. The van der Waals surface area contributed by atoms with Crippen LogP contribution in [0.4, 0.5) is 5.69 Å². The van der Waals surface area contributed by atoms with Crippen LogP contribution in [0, 0.1) is 10.1 Å². The molecule has 0 bridgehead atoms. The van der Waals surface area contributed by atoms with Crippen molar-refractivity contribution in [3.8, 4) is 0 Å². The van der Waals surface area contributed by atoms with E-state index < -0.39 is 18.7 Å². The zero-order valence-electron chi connectivity index (χ0n) is 12.3. The van der Waals surface area contributed by atoms with Crippen LogP contribution in [0.3, 0.4) is 0 Å². The quantitative estimate of drug-likeness (QED) is 0.312. The van der Waals surface area contributed by atoms with Crippen LogP contribution in [0.2, 0.25) is 0 Å². The van der Waals surface area contributed by atoms with Gasteiger partial charge in [-0.3, -0.25) is 19.2 Å². The van der Waals surface area contributed by atoms with Crippen LogP contribution >= 0.6 is 7.67 Å². The Hall–Kier alpha value is -1.31. The highest BCUT2D eigenvalue weighted by molar-refractivity contribution is 7.54. The molecule has 1 aromatic rings. The molecule has 2 saturated heterocycles. The van der Waals surface area contributed by atoms with E-state index in [9.17, 15) is 14.7 Å². The van der Waals surface area contributed by atoms with Crippen molar-refractivity contribution in [3.05, 3.63) is 39.9 Å². The van der Waals surface area contributed by atoms with Gasteiger partial charge in [0, 0.05) is 45.4 Å². The molecule has 2 heterocycles. The molecule has 0 aliphatic carbocycles. The Morgan fingerprint density at radius 2 is 1.77 bits per heavy atom. The van der Waals surface area contributed by atoms with E-state index in [-0.39, 0.29) is 12.3 Å². The van der Waals surface area contributed by atoms with Gasteiger partial charge in [0.15, 0.2) is 0 Å². The van der Waals surface area contributed by atoms with Gasteiger partial charge in [-0.05, 0) is 17.7 Å². The van der Waals surface area contributed by atoms with Crippen molar-refractivity contribution in [3.63, 3.8) is 0 Å². The first kappa shape index (κ1) is 15.6. The van der Waals surface area contributed by atoms with Crippen LogP contribution in [-0.2, 0) is 13.8 Å². The van der Waals surface area contributed by atoms with Crippen molar-refractivity contribution in [2.45, 2.75) is 6.10 Å². The van der Waals surface area contributed by atoms with E-state index in [2.05, 4.69) is 0 Å². The third kappa shape index (κ3) is 3.21. The lowest BCUT2D eigenvalue weighted by molar-refractivity contribution is -0.384. The molecule has 1 aromatic carbocycles. The predicted octanol–water partition coefficient (Wildman–Crippen LogP) is 2.04. The number of nitro groups is 1. The van der Waals surface area contributed by atoms with Gasteiger partial charge in [0.05, 0.1) is 11.5 Å². The Bertz CT molecular complexity index is 584. The summed E-state index contributed by atoms with van der Waals surface area (Å²) in [7, 11) is -1.43. The molecule has 2 aliphatic rings. The molecule has 0 aromatic heterocycles. The van der Waals surface area contributed by atoms with Gasteiger partial charge in [0.25, 0.3) is 5.69 Å². The molecule has 120 valence electrons. The van der Waals surface area contributed by atoms with Crippen LogP contribution in [0.15, 0.2) is 24.3 Å². The van der Waals surface area contributed by atoms with Gasteiger partial charge in [-0.25, -0.2) is 9.34 Å². The SMILES string of the molecule is COCC(OP(=O)(N1CC1)N1CC1)c1ccc([N+](=O)[O-])cc1. The van der Waals surface area contributed by atoms with E-state index in [1.165, 1.54) is 12.1 Å². The Morgan fingerprint density at radius 3 is 2.18 bits per heavy atom. The molecule has 0 N–H and O–H groups in total. The van der Waals surface area contributed by atoms with Crippen LogP contribution in [0.1, 0.15) is 11.7 Å². The summed E-state index contributed by atoms with van der Waals surface area (Å²) in [4.78, 5) is 10.3. The lowest BCUT2D eigenvalue weighted by Crippen LogP contribution is -2.15. The van der Waals surface area contributed by atoms with Crippen LogP contribution < -0.4 is 0 Å². The molecule has 2 aliphatic heterocycles. The molecular formula is C13H18N3O5P. The summed E-state index contributed by atoms with van der Waals surface area (Å²) < 4.78 is 27.8. The molecular weight excluding hydrogens is 309 g/mol. The first-order valence-corrected chi connectivity index (χ1v) is 8.60. The van der Waals surface area contributed by atoms with E-state index in [0.717, 1.165) is 31.7 Å². The summed E-state index contributed by atoms with van der Waals surface area (Å²) in [5, 5.41) is 10.7. The highest BCUT2D eigenvalue weighted by Crippen LogP contribution is 2.63. The fourth-order valence-corrected chi connectivity index (χ4v) is 4.55. The number of methoxy groups -OCH3 is 1. The highest BCUT2D eigenvalue weighted by Gasteiger charge is 2.50. The van der Waals surface area contributed by atoms with Gasteiger partial charge >= 0.3 is 7.67 Å². The van der Waals surface area contributed by atoms with E-state index in [0.29, 0.717) is 0 Å². The molecule has 1 atom stereocenters.